The SMILES string of the molecule is CC1CCCC(C)N1[SH](C)CCCS(C)(C)C. The summed E-state index contributed by atoms with van der Waals surface area (Å²) in [7, 11) is -0.286. The minimum atomic E-state index is -0.286. The second-order valence-electron chi connectivity index (χ2n) is 6.54. The van der Waals surface area contributed by atoms with Crippen molar-refractivity contribution < 1.29 is 0 Å². The smallest absolute Gasteiger partial charge is 0.0159 e. The first kappa shape index (κ1) is 15.7. The van der Waals surface area contributed by atoms with Crippen molar-refractivity contribution in [3.05, 3.63) is 0 Å². The van der Waals surface area contributed by atoms with Gasteiger partial charge >= 0.3 is 0 Å². The van der Waals surface area contributed by atoms with Gasteiger partial charge in [0, 0.05) is 12.1 Å². The van der Waals surface area contributed by atoms with E-state index in [1.165, 1.54) is 37.2 Å². The molecule has 1 rings (SSSR count). The molecule has 1 heterocycles. The van der Waals surface area contributed by atoms with Crippen molar-refractivity contribution in [2.75, 3.05) is 36.5 Å². The summed E-state index contributed by atoms with van der Waals surface area (Å²) in [4.78, 5) is 0. The van der Waals surface area contributed by atoms with E-state index in [0.717, 1.165) is 12.1 Å². The summed E-state index contributed by atoms with van der Waals surface area (Å²) >= 11 is 0.116. The number of rotatable bonds is 5. The normalized spacial score (nSPS) is 31.3. The van der Waals surface area contributed by atoms with Crippen LogP contribution in [0.2, 0.25) is 0 Å². The summed E-state index contributed by atoms with van der Waals surface area (Å²) in [5.74, 6) is 2.91. The molecule has 3 atom stereocenters. The summed E-state index contributed by atoms with van der Waals surface area (Å²) in [6.45, 7) is 4.87. The highest BCUT2D eigenvalue weighted by atomic mass is 32.3. The molecular formula is C14H33NS2. The largest absolute Gasteiger partial charge is 0.265 e. The van der Waals surface area contributed by atoms with Gasteiger partial charge in [0.2, 0.25) is 0 Å². The number of hydrogen-bond acceptors (Lipinski definition) is 1. The lowest BCUT2D eigenvalue weighted by molar-refractivity contribution is 0.220. The zero-order chi connectivity index (χ0) is 13.1. The Labute approximate surface area is 114 Å². The maximum Gasteiger partial charge on any atom is 0.0159 e. The Morgan fingerprint density at radius 1 is 1.12 bits per heavy atom. The molecule has 0 aromatic heterocycles. The van der Waals surface area contributed by atoms with Gasteiger partial charge in [-0.3, -0.25) is 4.31 Å². The Morgan fingerprint density at radius 3 is 2.12 bits per heavy atom. The second-order valence-corrected chi connectivity index (χ2v) is 13.4. The fourth-order valence-corrected chi connectivity index (χ4v) is 6.57. The van der Waals surface area contributed by atoms with Gasteiger partial charge in [-0.25, -0.2) is 21.1 Å². The van der Waals surface area contributed by atoms with Gasteiger partial charge < -0.3 is 0 Å². The Bertz CT molecular complexity index is 215. The molecule has 0 radical (unpaired) electrons. The third-order valence-electron chi connectivity index (χ3n) is 3.78. The maximum absolute atomic E-state index is 2.84. The number of thiol groups is 1. The van der Waals surface area contributed by atoms with Crippen LogP contribution in [0.5, 0.6) is 0 Å². The molecule has 0 aromatic rings. The minimum Gasteiger partial charge on any atom is -0.265 e. The zero-order valence-electron chi connectivity index (χ0n) is 12.7. The molecule has 1 fully saturated rings. The molecule has 0 amide bonds. The van der Waals surface area contributed by atoms with Crippen molar-refractivity contribution >= 4 is 21.1 Å². The van der Waals surface area contributed by atoms with Crippen molar-refractivity contribution in [1.29, 1.82) is 0 Å². The quantitative estimate of drug-likeness (QED) is 0.748. The molecule has 0 saturated carbocycles. The fourth-order valence-electron chi connectivity index (χ4n) is 2.92. The lowest BCUT2D eigenvalue weighted by Crippen LogP contribution is -2.41. The molecule has 1 nitrogen and oxygen atoms in total. The lowest BCUT2D eigenvalue weighted by atomic mass is 10.0. The maximum atomic E-state index is 2.84. The van der Waals surface area contributed by atoms with Crippen molar-refractivity contribution in [3.63, 3.8) is 0 Å². The highest BCUT2D eigenvalue weighted by Crippen LogP contribution is 2.40. The Balaban J connectivity index is 2.37. The van der Waals surface area contributed by atoms with E-state index >= 15 is 0 Å². The molecule has 1 aliphatic heterocycles. The topological polar surface area (TPSA) is 3.24 Å². The van der Waals surface area contributed by atoms with Crippen molar-refractivity contribution in [1.82, 2.24) is 4.31 Å². The van der Waals surface area contributed by atoms with E-state index in [2.05, 4.69) is 43.2 Å². The summed E-state index contributed by atoms with van der Waals surface area (Å²) in [5.41, 5.74) is 0. The average Bonchev–Trinajstić information content (AvgIpc) is 2.15. The molecule has 0 bridgehead atoms. The van der Waals surface area contributed by atoms with Crippen LogP contribution in [0.1, 0.15) is 39.5 Å². The molecule has 3 heteroatoms. The van der Waals surface area contributed by atoms with Crippen LogP contribution in [0.25, 0.3) is 0 Å². The van der Waals surface area contributed by atoms with Crippen LogP contribution in [-0.2, 0) is 0 Å². The first-order chi connectivity index (χ1) is 7.81. The van der Waals surface area contributed by atoms with Crippen LogP contribution in [-0.4, -0.2) is 52.9 Å². The molecule has 0 spiro atoms. The van der Waals surface area contributed by atoms with E-state index in [4.69, 9.17) is 0 Å². The van der Waals surface area contributed by atoms with E-state index < -0.39 is 0 Å². The summed E-state index contributed by atoms with van der Waals surface area (Å²) in [6, 6.07) is 1.66. The van der Waals surface area contributed by atoms with E-state index in [1.54, 1.807) is 0 Å². The number of piperidine rings is 1. The van der Waals surface area contributed by atoms with Crippen LogP contribution in [0.4, 0.5) is 0 Å². The highest BCUT2D eigenvalue weighted by molar-refractivity contribution is 8.32. The third-order valence-corrected chi connectivity index (χ3v) is 7.83. The van der Waals surface area contributed by atoms with E-state index in [0.29, 0.717) is 0 Å². The predicted octanol–water partition coefficient (Wildman–Crippen LogP) is 3.88. The monoisotopic (exact) mass is 279 g/mol. The number of hydrogen-bond donors (Lipinski definition) is 1. The van der Waals surface area contributed by atoms with Crippen LogP contribution >= 0.6 is 21.1 Å². The predicted molar refractivity (Wildman–Crippen MR) is 89.2 cm³/mol. The second kappa shape index (κ2) is 6.72. The van der Waals surface area contributed by atoms with Gasteiger partial charge in [-0.05, 0) is 69.6 Å². The van der Waals surface area contributed by atoms with E-state index in [9.17, 15) is 0 Å². The summed E-state index contributed by atoms with van der Waals surface area (Å²) < 4.78 is 2.84. The highest BCUT2D eigenvalue weighted by Gasteiger charge is 2.26. The van der Waals surface area contributed by atoms with Crippen LogP contribution < -0.4 is 0 Å². The molecule has 1 saturated heterocycles. The summed E-state index contributed by atoms with van der Waals surface area (Å²) in [5, 5.41) is 0. The number of nitrogens with zero attached hydrogens (tertiary/aromatic N) is 1. The third kappa shape index (κ3) is 5.44. The van der Waals surface area contributed by atoms with Gasteiger partial charge in [-0.2, -0.15) is 0 Å². The first-order valence-corrected chi connectivity index (χ1v) is 11.9. The van der Waals surface area contributed by atoms with Crippen molar-refractivity contribution in [2.24, 2.45) is 0 Å². The van der Waals surface area contributed by atoms with Gasteiger partial charge in [0.05, 0.1) is 0 Å². The Hall–Kier alpha value is 0.660. The van der Waals surface area contributed by atoms with Gasteiger partial charge in [-0.1, -0.05) is 6.42 Å². The Kier molecular flexibility index (Phi) is 6.21. The average molecular weight is 280 g/mol. The minimum absolute atomic E-state index is 0.116. The van der Waals surface area contributed by atoms with Crippen molar-refractivity contribution in [2.45, 2.75) is 51.6 Å². The van der Waals surface area contributed by atoms with Gasteiger partial charge in [0.1, 0.15) is 0 Å². The van der Waals surface area contributed by atoms with E-state index in [1.807, 2.05) is 0 Å². The molecule has 17 heavy (non-hydrogen) atoms. The molecule has 3 unspecified atom stereocenters. The van der Waals surface area contributed by atoms with Crippen LogP contribution in [0.3, 0.4) is 0 Å². The fraction of sp³-hybridized carbons (Fsp3) is 1.00. The molecular weight excluding hydrogens is 246 g/mol. The van der Waals surface area contributed by atoms with E-state index in [-0.39, 0.29) is 21.1 Å². The van der Waals surface area contributed by atoms with Crippen LogP contribution in [0.15, 0.2) is 0 Å². The first-order valence-electron chi connectivity index (χ1n) is 6.96. The molecule has 0 aromatic carbocycles. The van der Waals surface area contributed by atoms with Crippen LogP contribution in [0, 0.1) is 0 Å². The van der Waals surface area contributed by atoms with Crippen molar-refractivity contribution in [3.8, 4) is 0 Å². The summed E-state index contributed by atoms with van der Waals surface area (Å²) in [6.07, 6.45) is 15.5. The Morgan fingerprint density at radius 2 is 1.65 bits per heavy atom. The molecule has 1 aliphatic rings. The molecule has 0 N–H and O–H groups in total. The zero-order valence-corrected chi connectivity index (χ0v) is 14.4. The van der Waals surface area contributed by atoms with Gasteiger partial charge in [-0.15, -0.1) is 0 Å². The van der Waals surface area contributed by atoms with Gasteiger partial charge in [0.25, 0.3) is 0 Å². The standard InChI is InChI=1S/C14H33NS2/c1-13-9-7-10-14(2)15(13)16(3)11-8-12-17(4,5)6/h13-14,16H,7-12H2,1-6H3. The lowest BCUT2D eigenvalue weighted by Gasteiger charge is -2.45. The molecule has 106 valence electrons. The van der Waals surface area contributed by atoms with Gasteiger partial charge in [0.15, 0.2) is 0 Å². The molecule has 0 aliphatic carbocycles.